The fraction of sp³-hybridized carbons (Fsp3) is 0.500. The fourth-order valence-corrected chi connectivity index (χ4v) is 5.57. The van der Waals surface area contributed by atoms with Gasteiger partial charge in [0.1, 0.15) is 35.7 Å². The van der Waals surface area contributed by atoms with Crippen molar-refractivity contribution in [2.45, 2.75) is 68.5 Å². The zero-order chi connectivity index (χ0) is 25.3. The van der Waals surface area contributed by atoms with Crippen molar-refractivity contribution in [2.75, 3.05) is 6.61 Å². The van der Waals surface area contributed by atoms with E-state index in [1.165, 1.54) is 22.7 Å². The van der Waals surface area contributed by atoms with Gasteiger partial charge in [0.2, 0.25) is 11.8 Å². The van der Waals surface area contributed by atoms with Gasteiger partial charge in [-0.1, -0.05) is 43.0 Å². The van der Waals surface area contributed by atoms with Crippen molar-refractivity contribution in [3.05, 3.63) is 48.6 Å². The van der Waals surface area contributed by atoms with E-state index >= 15 is 0 Å². The van der Waals surface area contributed by atoms with Gasteiger partial charge in [-0.3, -0.25) is 9.59 Å². The van der Waals surface area contributed by atoms with E-state index in [1.807, 2.05) is 13.8 Å². The number of hydrogen-bond donors (Lipinski definition) is 2. The predicted molar refractivity (Wildman–Crippen MR) is 128 cm³/mol. The predicted octanol–water partition coefficient (Wildman–Crippen LogP) is 2.53. The number of rotatable bonds is 7. The van der Waals surface area contributed by atoms with Crippen LogP contribution in [0.15, 0.2) is 43.0 Å². The molecule has 0 aromatic heterocycles. The van der Waals surface area contributed by atoms with Crippen LogP contribution in [0.2, 0.25) is 0 Å². The smallest absolute Gasteiger partial charge is 0.408 e. The van der Waals surface area contributed by atoms with E-state index in [9.17, 15) is 19.2 Å². The van der Waals surface area contributed by atoms with Gasteiger partial charge in [-0.15, -0.1) is 11.8 Å². The lowest BCUT2D eigenvalue weighted by Gasteiger charge is -2.44. The number of nitrogens with zero attached hydrogens (tertiary/aromatic N) is 1. The minimum Gasteiger partial charge on any atom is -0.460 e. The molecule has 34 heavy (non-hydrogen) atoms. The van der Waals surface area contributed by atoms with Crippen LogP contribution in [0.5, 0.6) is 0 Å². The molecular weight excluding hydrogens is 458 g/mol. The Morgan fingerprint density at radius 1 is 1.24 bits per heavy atom. The molecule has 2 N–H and O–H groups in total. The highest BCUT2D eigenvalue weighted by Gasteiger charge is 2.64. The molecule has 9 nitrogen and oxygen atoms in total. The fourth-order valence-electron chi connectivity index (χ4n) is 3.95. The van der Waals surface area contributed by atoms with Gasteiger partial charge >= 0.3 is 12.1 Å². The van der Waals surface area contributed by atoms with Gasteiger partial charge in [-0.05, 0) is 40.2 Å². The molecule has 184 valence electrons. The molecule has 0 bridgehead atoms. The first kappa shape index (κ1) is 25.6. The molecule has 2 heterocycles. The first-order chi connectivity index (χ1) is 15.9. The van der Waals surface area contributed by atoms with Gasteiger partial charge in [0.25, 0.3) is 0 Å². The Bertz CT molecular complexity index is 975. The van der Waals surface area contributed by atoms with Crippen molar-refractivity contribution in [3.8, 4) is 0 Å². The summed E-state index contributed by atoms with van der Waals surface area (Å²) in [6, 6.07) is 6.03. The SMILES string of the molecule is C=CCOC(=O)[C@@H]1N2C(=O)[C@@H](NC(=O)[C@H](NC(=O)OC(C)(C)C)c3ccccc3)C2SC1(C)C. The second-order valence-corrected chi connectivity index (χ2v) is 11.4. The maximum absolute atomic E-state index is 13.2. The van der Waals surface area contributed by atoms with Crippen molar-refractivity contribution < 1.29 is 28.7 Å². The molecule has 2 aliphatic heterocycles. The lowest BCUT2D eigenvalue weighted by Crippen LogP contribution is -2.71. The van der Waals surface area contributed by atoms with Crippen LogP contribution in [-0.4, -0.2) is 63.2 Å². The summed E-state index contributed by atoms with van der Waals surface area (Å²) in [7, 11) is 0. The largest absolute Gasteiger partial charge is 0.460 e. The molecule has 3 rings (SSSR count). The number of esters is 1. The van der Waals surface area contributed by atoms with Gasteiger partial charge in [0.05, 0.1) is 0 Å². The molecular formula is C24H31N3O6S. The summed E-state index contributed by atoms with van der Waals surface area (Å²) in [6.07, 6.45) is 0.715. The van der Waals surface area contributed by atoms with Crippen LogP contribution in [0.25, 0.3) is 0 Å². The third-order valence-corrected chi connectivity index (χ3v) is 6.93. The third-order valence-electron chi connectivity index (χ3n) is 5.36. The second kappa shape index (κ2) is 9.69. The number of alkyl carbamates (subject to hydrolysis) is 1. The Morgan fingerprint density at radius 2 is 1.88 bits per heavy atom. The zero-order valence-corrected chi connectivity index (χ0v) is 20.8. The Balaban J connectivity index is 1.75. The summed E-state index contributed by atoms with van der Waals surface area (Å²) in [4.78, 5) is 52.7. The monoisotopic (exact) mass is 489 g/mol. The van der Waals surface area contributed by atoms with Crippen LogP contribution in [-0.2, 0) is 23.9 Å². The number of ether oxygens (including phenoxy) is 2. The minimum atomic E-state index is -1.06. The first-order valence-electron chi connectivity index (χ1n) is 11.0. The number of thioether (sulfide) groups is 1. The van der Waals surface area contributed by atoms with E-state index in [4.69, 9.17) is 9.47 Å². The van der Waals surface area contributed by atoms with Gasteiger partial charge < -0.3 is 25.0 Å². The molecule has 1 aromatic carbocycles. The van der Waals surface area contributed by atoms with Crippen LogP contribution in [0.1, 0.15) is 46.2 Å². The standard InChI is InChI=1S/C24H31N3O6S/c1-7-13-32-21(30)17-24(5,6)34-20-16(19(29)27(17)20)25-18(28)15(14-11-9-8-10-12-14)26-22(31)33-23(2,3)4/h7-12,15-17,20H,1,13H2,2-6H3,(H,25,28)(H,26,31)/t15-,16-,17+,20?/m1/s1. The maximum atomic E-state index is 13.2. The molecule has 2 saturated heterocycles. The average Bonchev–Trinajstić information content (AvgIpc) is 3.01. The Hall–Kier alpha value is -3.01. The molecule has 1 unspecified atom stereocenters. The summed E-state index contributed by atoms with van der Waals surface area (Å²) in [6.45, 7) is 12.5. The van der Waals surface area contributed by atoms with E-state index in [0.29, 0.717) is 5.56 Å². The van der Waals surface area contributed by atoms with E-state index in [-0.39, 0.29) is 12.5 Å². The van der Waals surface area contributed by atoms with Gasteiger partial charge in [0, 0.05) is 4.75 Å². The van der Waals surface area contributed by atoms with Crippen LogP contribution in [0.3, 0.4) is 0 Å². The Labute approximate surface area is 203 Å². The van der Waals surface area contributed by atoms with E-state index in [1.54, 1.807) is 51.1 Å². The molecule has 0 radical (unpaired) electrons. The highest BCUT2D eigenvalue weighted by Crippen LogP contribution is 2.51. The summed E-state index contributed by atoms with van der Waals surface area (Å²) < 4.78 is 9.90. The van der Waals surface area contributed by atoms with Crippen LogP contribution < -0.4 is 10.6 Å². The summed E-state index contributed by atoms with van der Waals surface area (Å²) in [5.41, 5.74) is -0.201. The van der Waals surface area contributed by atoms with Crippen LogP contribution in [0.4, 0.5) is 4.79 Å². The zero-order valence-electron chi connectivity index (χ0n) is 20.0. The average molecular weight is 490 g/mol. The molecule has 10 heteroatoms. The Morgan fingerprint density at radius 3 is 2.47 bits per heavy atom. The molecule has 3 amide bonds. The normalized spacial score (nSPS) is 23.7. The number of carbonyl (C=O) groups excluding carboxylic acids is 4. The molecule has 0 aliphatic carbocycles. The van der Waals surface area contributed by atoms with Crippen LogP contribution >= 0.6 is 11.8 Å². The van der Waals surface area contributed by atoms with Gasteiger partial charge in [0.15, 0.2) is 0 Å². The number of fused-ring (bicyclic) bond motifs is 1. The molecule has 0 saturated carbocycles. The molecule has 2 aliphatic rings. The molecule has 0 spiro atoms. The van der Waals surface area contributed by atoms with E-state index in [0.717, 1.165) is 0 Å². The summed E-state index contributed by atoms with van der Waals surface area (Å²) >= 11 is 1.42. The second-order valence-electron chi connectivity index (χ2n) is 9.65. The first-order valence-corrected chi connectivity index (χ1v) is 11.9. The third kappa shape index (κ3) is 5.38. The minimum absolute atomic E-state index is 0.0536. The van der Waals surface area contributed by atoms with Crippen molar-refractivity contribution >= 4 is 35.6 Å². The summed E-state index contributed by atoms with van der Waals surface area (Å²) in [5.74, 6) is -1.43. The topological polar surface area (TPSA) is 114 Å². The molecule has 4 atom stereocenters. The molecule has 2 fully saturated rings. The lowest BCUT2D eigenvalue weighted by molar-refractivity contribution is -0.163. The highest BCUT2D eigenvalue weighted by molar-refractivity contribution is 8.01. The van der Waals surface area contributed by atoms with Crippen LogP contribution in [0, 0.1) is 0 Å². The number of carbonyl (C=O) groups is 4. The number of β-lactam (4-membered cyclic amide) rings is 1. The van der Waals surface area contributed by atoms with E-state index in [2.05, 4.69) is 17.2 Å². The van der Waals surface area contributed by atoms with E-state index < -0.39 is 51.8 Å². The number of benzene rings is 1. The van der Waals surface area contributed by atoms with Gasteiger partial charge in [-0.2, -0.15) is 0 Å². The number of hydrogen-bond acceptors (Lipinski definition) is 7. The molecule has 1 aromatic rings. The van der Waals surface area contributed by atoms with Crippen molar-refractivity contribution in [1.82, 2.24) is 15.5 Å². The van der Waals surface area contributed by atoms with Gasteiger partial charge in [-0.25, -0.2) is 9.59 Å². The quantitative estimate of drug-likeness (QED) is 0.344. The lowest BCUT2D eigenvalue weighted by atomic mass is 9.95. The maximum Gasteiger partial charge on any atom is 0.408 e. The Kier molecular flexibility index (Phi) is 7.30. The summed E-state index contributed by atoms with van der Waals surface area (Å²) in [5, 5.41) is 4.93. The van der Waals surface area contributed by atoms with Crippen molar-refractivity contribution in [3.63, 3.8) is 0 Å². The van der Waals surface area contributed by atoms with Crippen molar-refractivity contribution in [1.29, 1.82) is 0 Å². The number of amides is 3. The highest BCUT2D eigenvalue weighted by atomic mass is 32.2. The van der Waals surface area contributed by atoms with Crippen molar-refractivity contribution in [2.24, 2.45) is 0 Å². The number of nitrogens with one attached hydrogen (secondary N) is 2.